The molecular formula is C13H11FN2O2. The first-order chi connectivity index (χ1) is 8.74. The zero-order chi connectivity index (χ0) is 13.0. The number of hydrogen-bond acceptors (Lipinski definition) is 4. The SMILES string of the molecule is CCOc1ccc(-c2cc(C=O)ncn2)cc1F. The van der Waals surface area contributed by atoms with Crippen LogP contribution in [-0.4, -0.2) is 22.9 Å². The standard InChI is InChI=1S/C13H11FN2O2/c1-2-18-13-4-3-9(5-11(13)14)12-6-10(7-17)15-8-16-12/h3-8H,2H2,1H3. The lowest BCUT2D eigenvalue weighted by atomic mass is 10.1. The summed E-state index contributed by atoms with van der Waals surface area (Å²) in [5.74, 6) is -0.258. The molecule has 18 heavy (non-hydrogen) atoms. The van der Waals surface area contributed by atoms with Gasteiger partial charge in [-0.1, -0.05) is 0 Å². The Bertz CT molecular complexity index is 573. The van der Waals surface area contributed by atoms with Crippen LogP contribution in [0.15, 0.2) is 30.6 Å². The van der Waals surface area contributed by atoms with Crippen LogP contribution in [0.3, 0.4) is 0 Å². The topological polar surface area (TPSA) is 52.1 Å². The zero-order valence-corrected chi connectivity index (χ0v) is 9.76. The molecule has 0 spiro atoms. The van der Waals surface area contributed by atoms with Gasteiger partial charge in [0.25, 0.3) is 0 Å². The summed E-state index contributed by atoms with van der Waals surface area (Å²) in [6.07, 6.45) is 1.89. The van der Waals surface area contributed by atoms with Gasteiger partial charge in [0.05, 0.1) is 12.3 Å². The van der Waals surface area contributed by atoms with E-state index in [1.165, 1.54) is 24.5 Å². The Kier molecular flexibility index (Phi) is 3.62. The second-order valence-electron chi connectivity index (χ2n) is 3.52. The van der Waals surface area contributed by atoms with Gasteiger partial charge in [0.1, 0.15) is 12.0 Å². The van der Waals surface area contributed by atoms with E-state index < -0.39 is 5.82 Å². The summed E-state index contributed by atoms with van der Waals surface area (Å²) in [5.41, 5.74) is 1.32. The molecule has 0 atom stereocenters. The summed E-state index contributed by atoms with van der Waals surface area (Å²) >= 11 is 0. The van der Waals surface area contributed by atoms with E-state index in [1.807, 2.05) is 0 Å². The van der Waals surface area contributed by atoms with Crippen molar-refractivity contribution in [3.63, 3.8) is 0 Å². The molecule has 0 amide bonds. The van der Waals surface area contributed by atoms with Crippen LogP contribution in [0, 0.1) is 5.82 Å². The van der Waals surface area contributed by atoms with Crippen LogP contribution in [0.4, 0.5) is 4.39 Å². The molecule has 0 aliphatic carbocycles. The maximum atomic E-state index is 13.7. The molecule has 4 nitrogen and oxygen atoms in total. The van der Waals surface area contributed by atoms with Gasteiger partial charge < -0.3 is 4.74 Å². The van der Waals surface area contributed by atoms with Gasteiger partial charge in [0, 0.05) is 5.56 Å². The fourth-order valence-corrected chi connectivity index (χ4v) is 1.53. The molecule has 5 heteroatoms. The number of carbonyl (C=O) groups is 1. The van der Waals surface area contributed by atoms with Crippen LogP contribution in [0.1, 0.15) is 17.4 Å². The predicted molar refractivity (Wildman–Crippen MR) is 64.0 cm³/mol. The number of carbonyl (C=O) groups excluding carboxylic acids is 1. The highest BCUT2D eigenvalue weighted by atomic mass is 19.1. The molecule has 0 fully saturated rings. The summed E-state index contributed by atoms with van der Waals surface area (Å²) in [6, 6.07) is 6.05. The second-order valence-corrected chi connectivity index (χ2v) is 3.52. The van der Waals surface area contributed by atoms with Gasteiger partial charge in [-0.05, 0) is 31.2 Å². The highest BCUT2D eigenvalue weighted by Gasteiger charge is 2.07. The van der Waals surface area contributed by atoms with Crippen LogP contribution < -0.4 is 4.74 Å². The average molecular weight is 246 g/mol. The largest absolute Gasteiger partial charge is 0.491 e. The molecule has 0 aliphatic heterocycles. The van der Waals surface area contributed by atoms with Gasteiger partial charge in [0.15, 0.2) is 17.9 Å². The lowest BCUT2D eigenvalue weighted by Crippen LogP contribution is -1.96. The molecule has 0 saturated heterocycles. The minimum absolute atomic E-state index is 0.200. The molecule has 0 saturated carbocycles. The van der Waals surface area contributed by atoms with E-state index in [4.69, 9.17) is 4.74 Å². The normalized spacial score (nSPS) is 10.1. The first-order valence-electron chi connectivity index (χ1n) is 5.44. The minimum Gasteiger partial charge on any atom is -0.491 e. The monoisotopic (exact) mass is 246 g/mol. The molecule has 0 N–H and O–H groups in total. The van der Waals surface area contributed by atoms with Crippen molar-refractivity contribution in [1.29, 1.82) is 0 Å². The lowest BCUT2D eigenvalue weighted by Gasteiger charge is -2.06. The van der Waals surface area contributed by atoms with Crippen LogP contribution >= 0.6 is 0 Å². The van der Waals surface area contributed by atoms with E-state index >= 15 is 0 Å². The number of benzene rings is 1. The number of aromatic nitrogens is 2. The third-order valence-electron chi connectivity index (χ3n) is 2.34. The van der Waals surface area contributed by atoms with Crippen molar-refractivity contribution >= 4 is 6.29 Å². The number of halogens is 1. The van der Waals surface area contributed by atoms with Crippen molar-refractivity contribution in [2.24, 2.45) is 0 Å². The Labute approximate surface area is 103 Å². The summed E-state index contributed by atoms with van der Waals surface area (Å²) < 4.78 is 18.8. The Hall–Kier alpha value is -2.30. The van der Waals surface area contributed by atoms with Crippen molar-refractivity contribution < 1.29 is 13.9 Å². The van der Waals surface area contributed by atoms with Gasteiger partial charge >= 0.3 is 0 Å². The van der Waals surface area contributed by atoms with Gasteiger partial charge in [-0.2, -0.15) is 0 Å². The van der Waals surface area contributed by atoms with Gasteiger partial charge in [-0.3, -0.25) is 4.79 Å². The van der Waals surface area contributed by atoms with Crippen molar-refractivity contribution in [3.8, 4) is 17.0 Å². The number of ether oxygens (including phenoxy) is 1. The van der Waals surface area contributed by atoms with Crippen LogP contribution in [-0.2, 0) is 0 Å². The van der Waals surface area contributed by atoms with Crippen molar-refractivity contribution in [2.45, 2.75) is 6.92 Å². The summed E-state index contributed by atoms with van der Waals surface area (Å²) in [5, 5.41) is 0. The van der Waals surface area contributed by atoms with Crippen molar-refractivity contribution in [2.75, 3.05) is 6.61 Å². The third kappa shape index (κ3) is 2.51. The summed E-state index contributed by atoms with van der Waals surface area (Å²) in [7, 11) is 0. The average Bonchev–Trinajstić information content (AvgIpc) is 2.41. The van der Waals surface area contributed by atoms with E-state index in [0.717, 1.165) is 0 Å². The van der Waals surface area contributed by atoms with Crippen LogP contribution in [0.25, 0.3) is 11.3 Å². The first kappa shape index (κ1) is 12.2. The Morgan fingerprint density at radius 1 is 1.33 bits per heavy atom. The maximum absolute atomic E-state index is 13.7. The molecule has 2 aromatic rings. The zero-order valence-electron chi connectivity index (χ0n) is 9.76. The van der Waals surface area contributed by atoms with E-state index in [-0.39, 0.29) is 11.4 Å². The van der Waals surface area contributed by atoms with E-state index in [2.05, 4.69) is 9.97 Å². The van der Waals surface area contributed by atoms with Gasteiger partial charge in [-0.15, -0.1) is 0 Å². The molecule has 0 aliphatic rings. The molecule has 1 aromatic heterocycles. The Morgan fingerprint density at radius 2 is 2.17 bits per heavy atom. The molecule has 0 radical (unpaired) electrons. The van der Waals surface area contributed by atoms with Gasteiger partial charge in [0.2, 0.25) is 0 Å². The van der Waals surface area contributed by atoms with E-state index in [9.17, 15) is 9.18 Å². The Balaban J connectivity index is 2.38. The molecule has 2 rings (SSSR count). The molecular weight excluding hydrogens is 235 g/mol. The fraction of sp³-hybridized carbons (Fsp3) is 0.154. The smallest absolute Gasteiger partial charge is 0.168 e. The predicted octanol–water partition coefficient (Wildman–Crippen LogP) is 2.49. The van der Waals surface area contributed by atoms with E-state index in [1.54, 1.807) is 13.0 Å². The number of nitrogens with zero attached hydrogens (tertiary/aromatic N) is 2. The minimum atomic E-state index is -0.458. The maximum Gasteiger partial charge on any atom is 0.168 e. The van der Waals surface area contributed by atoms with Crippen LogP contribution in [0.5, 0.6) is 5.75 Å². The van der Waals surface area contributed by atoms with Gasteiger partial charge in [-0.25, -0.2) is 14.4 Å². The fourth-order valence-electron chi connectivity index (χ4n) is 1.53. The van der Waals surface area contributed by atoms with Crippen molar-refractivity contribution in [3.05, 3.63) is 42.1 Å². The van der Waals surface area contributed by atoms with E-state index in [0.29, 0.717) is 24.2 Å². The summed E-state index contributed by atoms with van der Waals surface area (Å²) in [6.45, 7) is 2.19. The third-order valence-corrected chi connectivity index (χ3v) is 2.34. The number of hydrogen-bond donors (Lipinski definition) is 0. The highest BCUT2D eigenvalue weighted by Crippen LogP contribution is 2.24. The quantitative estimate of drug-likeness (QED) is 0.778. The highest BCUT2D eigenvalue weighted by molar-refractivity contribution is 5.74. The Morgan fingerprint density at radius 3 is 2.83 bits per heavy atom. The number of rotatable bonds is 4. The van der Waals surface area contributed by atoms with Crippen molar-refractivity contribution in [1.82, 2.24) is 9.97 Å². The summed E-state index contributed by atoms with van der Waals surface area (Å²) in [4.78, 5) is 18.4. The number of aldehydes is 1. The van der Waals surface area contributed by atoms with Crippen LogP contribution in [0.2, 0.25) is 0 Å². The molecule has 1 heterocycles. The molecule has 92 valence electrons. The lowest BCUT2D eigenvalue weighted by molar-refractivity contribution is 0.111. The molecule has 0 bridgehead atoms. The molecule has 0 unspecified atom stereocenters. The second kappa shape index (κ2) is 5.35. The first-order valence-corrected chi connectivity index (χ1v) is 5.44. The molecule has 1 aromatic carbocycles.